The average molecular weight is 393 g/mol. The molecule has 0 saturated heterocycles. The SMILES string of the molecule is CCc1cc(CC)c(CNC(=O)c2cnn(C(C)c3ccccc3)c2C)c(=O)[nH]1. The molecule has 152 valence electrons. The fourth-order valence-electron chi connectivity index (χ4n) is 3.57. The molecule has 1 aromatic carbocycles. The number of H-pyrrole nitrogens is 1. The predicted octanol–water partition coefficient (Wildman–Crippen LogP) is 3.54. The van der Waals surface area contributed by atoms with Crippen molar-refractivity contribution in [1.82, 2.24) is 20.1 Å². The summed E-state index contributed by atoms with van der Waals surface area (Å²) in [5, 5.41) is 7.32. The lowest BCUT2D eigenvalue weighted by Crippen LogP contribution is -2.29. The third-order valence-corrected chi connectivity index (χ3v) is 5.41. The van der Waals surface area contributed by atoms with Gasteiger partial charge in [-0.1, -0.05) is 44.2 Å². The molecule has 1 amide bonds. The Hall–Kier alpha value is -3.15. The van der Waals surface area contributed by atoms with Crippen LogP contribution in [-0.2, 0) is 19.4 Å². The predicted molar refractivity (Wildman–Crippen MR) is 114 cm³/mol. The summed E-state index contributed by atoms with van der Waals surface area (Å²) in [6, 6.07) is 12.1. The number of carbonyl (C=O) groups is 1. The first-order chi connectivity index (χ1) is 14.0. The van der Waals surface area contributed by atoms with E-state index in [2.05, 4.69) is 22.3 Å². The number of hydrogen-bond acceptors (Lipinski definition) is 3. The van der Waals surface area contributed by atoms with E-state index in [9.17, 15) is 9.59 Å². The number of benzene rings is 1. The van der Waals surface area contributed by atoms with Crippen molar-refractivity contribution in [3.63, 3.8) is 0 Å². The van der Waals surface area contributed by atoms with E-state index < -0.39 is 0 Å². The van der Waals surface area contributed by atoms with Crippen LogP contribution in [0.2, 0.25) is 0 Å². The zero-order valence-corrected chi connectivity index (χ0v) is 17.5. The smallest absolute Gasteiger partial charge is 0.255 e. The van der Waals surface area contributed by atoms with Crippen LogP contribution in [0.25, 0.3) is 0 Å². The van der Waals surface area contributed by atoms with Crippen LogP contribution in [0.5, 0.6) is 0 Å². The van der Waals surface area contributed by atoms with Crippen molar-refractivity contribution in [2.45, 2.75) is 53.1 Å². The summed E-state index contributed by atoms with van der Waals surface area (Å²) in [6.07, 6.45) is 3.11. The van der Waals surface area contributed by atoms with Crippen molar-refractivity contribution in [2.75, 3.05) is 0 Å². The number of hydrogen-bond donors (Lipinski definition) is 2. The third-order valence-electron chi connectivity index (χ3n) is 5.41. The fraction of sp³-hybridized carbons (Fsp3) is 0.348. The van der Waals surface area contributed by atoms with Crippen LogP contribution in [0, 0.1) is 6.92 Å². The number of pyridine rings is 1. The molecule has 0 spiro atoms. The van der Waals surface area contributed by atoms with Crippen LogP contribution < -0.4 is 10.9 Å². The number of nitrogens with one attached hydrogen (secondary N) is 2. The van der Waals surface area contributed by atoms with Gasteiger partial charge in [-0.3, -0.25) is 14.3 Å². The summed E-state index contributed by atoms with van der Waals surface area (Å²) >= 11 is 0. The lowest BCUT2D eigenvalue weighted by molar-refractivity contribution is 0.0950. The Balaban J connectivity index is 1.78. The van der Waals surface area contributed by atoms with E-state index in [1.165, 1.54) is 0 Å². The first kappa shape index (κ1) is 20.6. The summed E-state index contributed by atoms with van der Waals surface area (Å²) < 4.78 is 1.85. The lowest BCUT2D eigenvalue weighted by atomic mass is 10.1. The molecule has 1 atom stereocenters. The molecule has 0 aliphatic carbocycles. The maximum absolute atomic E-state index is 12.8. The fourth-order valence-corrected chi connectivity index (χ4v) is 3.57. The van der Waals surface area contributed by atoms with E-state index in [0.717, 1.165) is 35.4 Å². The van der Waals surface area contributed by atoms with Gasteiger partial charge in [-0.25, -0.2) is 0 Å². The Kier molecular flexibility index (Phi) is 6.32. The highest BCUT2D eigenvalue weighted by molar-refractivity contribution is 5.95. The zero-order chi connectivity index (χ0) is 21.0. The Bertz CT molecular complexity index is 1050. The van der Waals surface area contributed by atoms with E-state index in [-0.39, 0.29) is 24.1 Å². The number of nitrogens with zero attached hydrogens (tertiary/aromatic N) is 2. The maximum atomic E-state index is 12.8. The van der Waals surface area contributed by atoms with E-state index in [0.29, 0.717) is 11.1 Å². The molecule has 0 radical (unpaired) electrons. The van der Waals surface area contributed by atoms with Crippen LogP contribution in [0.1, 0.15) is 65.2 Å². The molecular formula is C23H28N4O2. The van der Waals surface area contributed by atoms with Gasteiger partial charge in [0, 0.05) is 23.5 Å². The molecule has 2 aromatic heterocycles. The van der Waals surface area contributed by atoms with Gasteiger partial charge in [0.15, 0.2) is 0 Å². The summed E-state index contributed by atoms with van der Waals surface area (Å²) in [5.74, 6) is -0.227. The van der Waals surface area contributed by atoms with E-state index >= 15 is 0 Å². The zero-order valence-electron chi connectivity index (χ0n) is 17.5. The van der Waals surface area contributed by atoms with Crippen molar-refractivity contribution in [3.8, 4) is 0 Å². The first-order valence-electron chi connectivity index (χ1n) is 10.1. The molecule has 0 aliphatic rings. The second-order valence-corrected chi connectivity index (χ2v) is 7.19. The number of aromatic amines is 1. The highest BCUT2D eigenvalue weighted by Gasteiger charge is 2.19. The Morgan fingerprint density at radius 1 is 1.21 bits per heavy atom. The largest absolute Gasteiger partial charge is 0.348 e. The van der Waals surface area contributed by atoms with Crippen LogP contribution in [0.3, 0.4) is 0 Å². The van der Waals surface area contributed by atoms with Gasteiger partial charge in [0.2, 0.25) is 0 Å². The summed E-state index contributed by atoms with van der Waals surface area (Å²) in [6.45, 7) is 8.16. The van der Waals surface area contributed by atoms with Crippen molar-refractivity contribution in [2.24, 2.45) is 0 Å². The number of rotatable bonds is 7. The maximum Gasteiger partial charge on any atom is 0.255 e. The van der Waals surface area contributed by atoms with Crippen LogP contribution >= 0.6 is 0 Å². The second kappa shape index (κ2) is 8.90. The Morgan fingerprint density at radius 3 is 2.59 bits per heavy atom. The molecule has 29 heavy (non-hydrogen) atoms. The quantitative estimate of drug-likeness (QED) is 0.645. The summed E-state index contributed by atoms with van der Waals surface area (Å²) in [7, 11) is 0. The molecule has 6 nitrogen and oxygen atoms in total. The minimum absolute atomic E-state index is 0.0221. The van der Waals surface area contributed by atoms with Gasteiger partial charge in [-0.15, -0.1) is 0 Å². The number of amides is 1. The Labute approximate surface area is 171 Å². The molecule has 2 N–H and O–H groups in total. The molecule has 6 heteroatoms. The average Bonchev–Trinajstić information content (AvgIpc) is 3.13. The molecule has 0 bridgehead atoms. The van der Waals surface area contributed by atoms with Gasteiger partial charge in [-0.05, 0) is 43.9 Å². The van der Waals surface area contributed by atoms with Gasteiger partial charge in [0.1, 0.15) is 0 Å². The number of carbonyl (C=O) groups excluding carboxylic acids is 1. The molecule has 0 fully saturated rings. The molecule has 1 unspecified atom stereocenters. The molecule has 2 heterocycles. The molecule has 3 rings (SSSR count). The van der Waals surface area contributed by atoms with Gasteiger partial charge in [0.05, 0.1) is 17.8 Å². The van der Waals surface area contributed by atoms with E-state index in [4.69, 9.17) is 0 Å². The second-order valence-electron chi connectivity index (χ2n) is 7.19. The number of aryl methyl sites for hydroxylation is 2. The molecule has 0 saturated carbocycles. The Morgan fingerprint density at radius 2 is 1.93 bits per heavy atom. The van der Waals surface area contributed by atoms with Crippen molar-refractivity contribution in [1.29, 1.82) is 0 Å². The van der Waals surface area contributed by atoms with Gasteiger partial charge in [0.25, 0.3) is 11.5 Å². The van der Waals surface area contributed by atoms with Gasteiger partial charge in [-0.2, -0.15) is 5.10 Å². The normalized spacial score (nSPS) is 12.0. The minimum Gasteiger partial charge on any atom is -0.348 e. The van der Waals surface area contributed by atoms with Gasteiger partial charge < -0.3 is 10.3 Å². The lowest BCUT2D eigenvalue weighted by Gasteiger charge is -2.15. The molecule has 0 aliphatic heterocycles. The van der Waals surface area contributed by atoms with Crippen LogP contribution in [0.4, 0.5) is 0 Å². The highest BCUT2D eigenvalue weighted by atomic mass is 16.2. The molecule has 3 aromatic rings. The summed E-state index contributed by atoms with van der Waals surface area (Å²) in [4.78, 5) is 28.1. The van der Waals surface area contributed by atoms with Crippen molar-refractivity contribution >= 4 is 5.91 Å². The molecular weight excluding hydrogens is 364 g/mol. The van der Waals surface area contributed by atoms with Crippen molar-refractivity contribution < 1.29 is 4.79 Å². The monoisotopic (exact) mass is 392 g/mol. The summed E-state index contributed by atoms with van der Waals surface area (Å²) in [5.41, 5.74) is 4.80. The van der Waals surface area contributed by atoms with Crippen molar-refractivity contribution in [3.05, 3.63) is 86.6 Å². The van der Waals surface area contributed by atoms with Crippen LogP contribution in [0.15, 0.2) is 47.4 Å². The van der Waals surface area contributed by atoms with E-state index in [1.807, 2.05) is 61.9 Å². The van der Waals surface area contributed by atoms with Crippen LogP contribution in [-0.4, -0.2) is 20.7 Å². The first-order valence-corrected chi connectivity index (χ1v) is 10.1. The standard InChI is InChI=1S/C23H28N4O2/c1-5-17-12-19(6-2)26-23(29)21(17)13-24-22(28)20-14-25-27(16(20)4)15(3)18-10-8-7-9-11-18/h7-12,14-15H,5-6,13H2,1-4H3,(H,24,28)(H,26,29). The van der Waals surface area contributed by atoms with Gasteiger partial charge >= 0.3 is 0 Å². The third kappa shape index (κ3) is 4.31. The number of aromatic nitrogens is 3. The minimum atomic E-state index is -0.227. The van der Waals surface area contributed by atoms with E-state index in [1.54, 1.807) is 6.20 Å². The topological polar surface area (TPSA) is 79.8 Å². The highest BCUT2D eigenvalue weighted by Crippen LogP contribution is 2.20.